The molecule has 0 unspecified atom stereocenters. The van der Waals surface area contributed by atoms with Crippen LogP contribution in [0.4, 0.5) is 5.69 Å². The number of nitrogens with zero attached hydrogens (tertiary/aromatic N) is 4. The first-order valence-electron chi connectivity index (χ1n) is 4.08. The Morgan fingerprint density at radius 3 is 2.62 bits per heavy atom. The monoisotopic (exact) mass is 346 g/mol. The third-order valence-corrected chi connectivity index (χ3v) is 2.78. The second kappa shape index (κ2) is 4.30. The highest BCUT2D eigenvalue weighted by atomic mass is 79.9. The van der Waals surface area contributed by atoms with Crippen molar-refractivity contribution in [2.75, 3.05) is 0 Å². The maximum absolute atomic E-state index is 10.5. The fraction of sp³-hybridized carbons (Fsp3) is 0. The molecule has 0 amide bonds. The van der Waals surface area contributed by atoms with Crippen LogP contribution in [0.25, 0.3) is 5.82 Å². The number of hydrogen-bond acceptors (Lipinski definition) is 4. The van der Waals surface area contributed by atoms with E-state index in [4.69, 9.17) is 0 Å². The Morgan fingerprint density at radius 2 is 2.12 bits per heavy atom. The van der Waals surface area contributed by atoms with Gasteiger partial charge in [0, 0.05) is 12.3 Å². The Balaban J connectivity index is 2.47. The first-order valence-corrected chi connectivity index (χ1v) is 5.67. The molecule has 0 radical (unpaired) electrons. The topological polar surface area (TPSA) is 73.8 Å². The van der Waals surface area contributed by atoms with E-state index in [0.717, 1.165) is 4.47 Å². The molecule has 0 spiro atoms. The van der Waals surface area contributed by atoms with E-state index in [2.05, 4.69) is 41.9 Å². The van der Waals surface area contributed by atoms with Gasteiger partial charge in [0.25, 0.3) is 5.69 Å². The van der Waals surface area contributed by atoms with Crippen molar-refractivity contribution in [3.63, 3.8) is 0 Å². The van der Waals surface area contributed by atoms with Crippen molar-refractivity contribution in [2.24, 2.45) is 0 Å². The van der Waals surface area contributed by atoms with Crippen molar-refractivity contribution >= 4 is 37.5 Å². The molecule has 0 bridgehead atoms. The maximum atomic E-state index is 10.5. The van der Waals surface area contributed by atoms with Crippen LogP contribution in [0.15, 0.2) is 33.6 Å². The molecule has 0 fully saturated rings. The van der Waals surface area contributed by atoms with Gasteiger partial charge in [-0.05, 0) is 31.9 Å². The van der Waals surface area contributed by atoms with Crippen LogP contribution >= 0.6 is 31.9 Å². The van der Waals surface area contributed by atoms with E-state index in [0.29, 0.717) is 10.3 Å². The lowest BCUT2D eigenvalue weighted by atomic mass is 10.4. The molecule has 0 saturated heterocycles. The van der Waals surface area contributed by atoms with Crippen LogP contribution in [0.3, 0.4) is 0 Å². The van der Waals surface area contributed by atoms with E-state index < -0.39 is 4.92 Å². The summed E-state index contributed by atoms with van der Waals surface area (Å²) in [6.07, 6.45) is 4.50. The molecule has 16 heavy (non-hydrogen) atoms. The third kappa shape index (κ3) is 2.12. The zero-order chi connectivity index (χ0) is 11.7. The number of aromatic nitrogens is 3. The summed E-state index contributed by atoms with van der Waals surface area (Å²) in [4.78, 5) is 14.0. The molecule has 2 aromatic rings. The highest BCUT2D eigenvalue weighted by Crippen LogP contribution is 2.23. The van der Waals surface area contributed by atoms with Crippen LogP contribution in [0, 0.1) is 10.1 Å². The first-order chi connectivity index (χ1) is 7.58. The first kappa shape index (κ1) is 11.2. The van der Waals surface area contributed by atoms with E-state index in [-0.39, 0.29) is 5.69 Å². The fourth-order valence-corrected chi connectivity index (χ4v) is 1.91. The third-order valence-electron chi connectivity index (χ3n) is 1.79. The molecule has 0 aliphatic carbocycles. The molecule has 0 aliphatic heterocycles. The molecular formula is C8H4Br2N4O2. The van der Waals surface area contributed by atoms with Gasteiger partial charge in [0.15, 0.2) is 5.82 Å². The predicted molar refractivity (Wildman–Crippen MR) is 63.4 cm³/mol. The van der Waals surface area contributed by atoms with Gasteiger partial charge in [0.05, 0.1) is 20.1 Å². The number of hydrogen-bond donors (Lipinski definition) is 0. The highest BCUT2D eigenvalue weighted by Gasteiger charge is 2.12. The van der Waals surface area contributed by atoms with Crippen LogP contribution in [0.2, 0.25) is 0 Å². The normalized spacial score (nSPS) is 10.4. The average Bonchev–Trinajstić information content (AvgIpc) is 2.64. The lowest BCUT2D eigenvalue weighted by Gasteiger charge is -2.02. The summed E-state index contributed by atoms with van der Waals surface area (Å²) in [6, 6.07) is 1.39. The maximum Gasteiger partial charge on any atom is 0.288 e. The van der Waals surface area contributed by atoms with Crippen molar-refractivity contribution < 1.29 is 4.92 Å². The van der Waals surface area contributed by atoms with Gasteiger partial charge in [-0.15, -0.1) is 0 Å². The fourth-order valence-electron chi connectivity index (χ4n) is 1.11. The minimum Gasteiger partial charge on any atom is -0.258 e. The van der Waals surface area contributed by atoms with Crippen molar-refractivity contribution in [2.45, 2.75) is 0 Å². The molecule has 0 N–H and O–H groups in total. The molecule has 0 aliphatic rings. The smallest absolute Gasteiger partial charge is 0.258 e. The Bertz CT molecular complexity index is 555. The molecule has 2 aromatic heterocycles. The van der Waals surface area contributed by atoms with Gasteiger partial charge >= 0.3 is 0 Å². The summed E-state index contributed by atoms with van der Waals surface area (Å²) in [7, 11) is 0. The zero-order valence-electron chi connectivity index (χ0n) is 7.67. The van der Waals surface area contributed by atoms with Crippen LogP contribution in [-0.2, 0) is 0 Å². The van der Waals surface area contributed by atoms with Crippen LogP contribution < -0.4 is 0 Å². The lowest BCUT2D eigenvalue weighted by molar-refractivity contribution is -0.385. The minimum absolute atomic E-state index is 0.0677. The van der Waals surface area contributed by atoms with E-state index in [1.165, 1.54) is 16.9 Å². The summed E-state index contributed by atoms with van der Waals surface area (Å²) in [6.45, 7) is 0. The zero-order valence-corrected chi connectivity index (χ0v) is 10.8. The van der Waals surface area contributed by atoms with Crippen molar-refractivity contribution in [3.05, 3.63) is 43.7 Å². The highest BCUT2D eigenvalue weighted by molar-refractivity contribution is 9.10. The molecule has 8 heteroatoms. The summed E-state index contributed by atoms with van der Waals surface area (Å²) in [5, 5.41) is 14.5. The van der Waals surface area contributed by atoms with E-state index in [9.17, 15) is 10.1 Å². The lowest BCUT2D eigenvalue weighted by Crippen LogP contribution is -2.00. The molecule has 2 rings (SSSR count). The Labute approximate surface area is 107 Å². The van der Waals surface area contributed by atoms with Crippen LogP contribution in [0.1, 0.15) is 0 Å². The standard InChI is InChI=1S/C8H4Br2N4O2/c9-5-2-12-13(4-5)8-7(10)1-6(3-11-8)14(15)16/h1-4H. The summed E-state index contributed by atoms with van der Waals surface area (Å²) < 4.78 is 2.83. The molecule has 82 valence electrons. The number of rotatable bonds is 2. The summed E-state index contributed by atoms with van der Waals surface area (Å²) in [5.41, 5.74) is -0.0677. The summed E-state index contributed by atoms with van der Waals surface area (Å²) >= 11 is 6.48. The molecule has 2 heterocycles. The van der Waals surface area contributed by atoms with Crippen molar-refractivity contribution in [1.82, 2.24) is 14.8 Å². The molecule has 0 saturated carbocycles. The predicted octanol–water partition coefficient (Wildman–Crippen LogP) is 2.70. The van der Waals surface area contributed by atoms with E-state index in [1.807, 2.05) is 0 Å². The van der Waals surface area contributed by atoms with Crippen molar-refractivity contribution in [3.8, 4) is 5.82 Å². The Hall–Kier alpha value is -1.28. The van der Waals surface area contributed by atoms with Gasteiger partial charge in [-0.3, -0.25) is 10.1 Å². The number of nitro groups is 1. The van der Waals surface area contributed by atoms with Gasteiger partial charge in [-0.2, -0.15) is 5.10 Å². The van der Waals surface area contributed by atoms with E-state index >= 15 is 0 Å². The largest absolute Gasteiger partial charge is 0.288 e. The molecule has 0 aromatic carbocycles. The van der Waals surface area contributed by atoms with Crippen molar-refractivity contribution in [1.29, 1.82) is 0 Å². The Morgan fingerprint density at radius 1 is 1.38 bits per heavy atom. The SMILES string of the molecule is O=[N+]([O-])c1cnc(-n2cc(Br)cn2)c(Br)c1. The molecule has 0 atom stereocenters. The van der Waals surface area contributed by atoms with Crippen LogP contribution in [0.5, 0.6) is 0 Å². The second-order valence-corrected chi connectivity index (χ2v) is 4.63. The van der Waals surface area contributed by atoms with E-state index in [1.54, 1.807) is 12.4 Å². The Kier molecular flexibility index (Phi) is 3.01. The quantitative estimate of drug-likeness (QED) is 0.618. The van der Waals surface area contributed by atoms with Gasteiger partial charge in [0.2, 0.25) is 0 Å². The van der Waals surface area contributed by atoms with Gasteiger partial charge in [-0.1, -0.05) is 0 Å². The van der Waals surface area contributed by atoms with Gasteiger partial charge in [-0.25, -0.2) is 9.67 Å². The number of halogens is 2. The second-order valence-electron chi connectivity index (χ2n) is 2.86. The van der Waals surface area contributed by atoms with Gasteiger partial charge in [0.1, 0.15) is 6.20 Å². The molecular weight excluding hydrogens is 344 g/mol. The average molecular weight is 348 g/mol. The number of pyridine rings is 1. The van der Waals surface area contributed by atoms with Gasteiger partial charge < -0.3 is 0 Å². The minimum atomic E-state index is -0.499. The molecule has 6 nitrogen and oxygen atoms in total. The summed E-state index contributed by atoms with van der Waals surface area (Å²) in [5.74, 6) is 0.497. The van der Waals surface area contributed by atoms with Crippen LogP contribution in [-0.4, -0.2) is 19.7 Å².